The molecule has 26 heavy (non-hydrogen) atoms. The van der Waals surface area contributed by atoms with Crippen LogP contribution in [0.2, 0.25) is 23.4 Å². The minimum absolute atomic E-state index is 0.0929. The Balaban J connectivity index is 2.74. The van der Waals surface area contributed by atoms with Gasteiger partial charge in [0.1, 0.15) is 0 Å². The van der Waals surface area contributed by atoms with Gasteiger partial charge in [-0.3, -0.25) is 0 Å². The summed E-state index contributed by atoms with van der Waals surface area (Å²) in [7, 11) is 0. The number of halogens is 2. The van der Waals surface area contributed by atoms with Gasteiger partial charge in [-0.15, -0.1) is 0 Å². The third-order valence-corrected chi connectivity index (χ3v) is 17.8. The first kappa shape index (κ1) is 23.9. The van der Waals surface area contributed by atoms with Crippen LogP contribution in [0.15, 0.2) is 18.2 Å². The minimum atomic E-state index is -2.93. The van der Waals surface area contributed by atoms with Crippen LogP contribution in [-0.2, 0) is 7.87 Å². The van der Waals surface area contributed by atoms with Crippen LogP contribution in [0.1, 0.15) is 59.3 Å². The molecule has 0 spiro atoms. The van der Waals surface area contributed by atoms with Crippen molar-refractivity contribution in [2.24, 2.45) is 0 Å². The van der Waals surface area contributed by atoms with Gasteiger partial charge in [0, 0.05) is 0 Å². The maximum atomic E-state index is 12.5. The van der Waals surface area contributed by atoms with Gasteiger partial charge in [-0.25, -0.2) is 0 Å². The molecular weight excluding hydrogens is 478 g/mol. The Kier molecular flexibility index (Phi) is 12.1. The second-order valence-corrected chi connectivity index (χ2v) is 19.3. The van der Waals surface area contributed by atoms with Crippen molar-refractivity contribution < 1.29 is 12.6 Å². The van der Waals surface area contributed by atoms with Gasteiger partial charge < -0.3 is 0 Å². The van der Waals surface area contributed by atoms with Crippen LogP contribution >= 0.6 is 23.2 Å². The van der Waals surface area contributed by atoms with Gasteiger partial charge in [0.2, 0.25) is 0 Å². The molecule has 0 aliphatic carbocycles. The molecule has 0 aromatic heterocycles. The molecule has 148 valence electrons. The van der Waals surface area contributed by atoms with E-state index in [0.717, 1.165) is 51.8 Å². The Morgan fingerprint density at radius 2 is 1.50 bits per heavy atom. The molecule has 3 nitrogen and oxygen atoms in total. The normalized spacial score (nSPS) is 11.4. The molecule has 0 unspecified atom stereocenters. The quantitative estimate of drug-likeness (QED) is 0.262. The summed E-state index contributed by atoms with van der Waals surface area (Å²) in [5.41, 5.74) is 0. The molecule has 0 amide bonds. The van der Waals surface area contributed by atoms with Crippen LogP contribution < -0.4 is 4.74 Å². The van der Waals surface area contributed by atoms with E-state index in [4.69, 9.17) is 31.0 Å². The molecule has 0 radical (unpaired) electrons. The van der Waals surface area contributed by atoms with Gasteiger partial charge in [0.25, 0.3) is 0 Å². The number of rotatable bonds is 13. The second kappa shape index (κ2) is 13.1. The van der Waals surface area contributed by atoms with E-state index in [1.54, 1.807) is 18.2 Å². The molecule has 0 aliphatic rings. The van der Waals surface area contributed by atoms with Gasteiger partial charge in [-0.05, 0) is 0 Å². The first-order valence-electron chi connectivity index (χ1n) is 9.76. The van der Waals surface area contributed by atoms with Gasteiger partial charge in [-0.2, -0.15) is 0 Å². The summed E-state index contributed by atoms with van der Waals surface area (Å²) in [5, 5.41) is 0.946. The van der Waals surface area contributed by atoms with E-state index in [1.807, 2.05) is 0 Å². The Bertz CT molecular complexity index is 530. The van der Waals surface area contributed by atoms with Crippen molar-refractivity contribution in [2.45, 2.75) is 72.6 Å². The Hall–Kier alpha value is -0.131. The average Bonchev–Trinajstić information content (AvgIpc) is 2.62. The fraction of sp³-hybridized carbons (Fsp3) is 0.650. The van der Waals surface area contributed by atoms with Gasteiger partial charge in [-0.1, -0.05) is 0 Å². The molecule has 0 atom stereocenters. The molecule has 0 bridgehead atoms. The van der Waals surface area contributed by atoms with Crippen LogP contribution in [0.4, 0.5) is 0 Å². The van der Waals surface area contributed by atoms with Crippen LogP contribution in [-0.4, -0.2) is 31.4 Å². The van der Waals surface area contributed by atoms with E-state index in [1.165, 1.54) is 0 Å². The molecule has 1 aromatic rings. The summed E-state index contributed by atoms with van der Waals surface area (Å²) in [6, 6.07) is 4.98. The number of carbonyl (C=O) groups excluding carboxylic acids is 1. The topological polar surface area (TPSA) is 35.5 Å². The fourth-order valence-electron chi connectivity index (χ4n) is 3.02. The Morgan fingerprint density at radius 1 is 0.962 bits per heavy atom. The SMILES string of the molecule is CCC[CH2][Sn]([CH2]CCC)([CH2]CCC)[O]C(=O)COc1ccc(Cl)cc1Cl. The van der Waals surface area contributed by atoms with E-state index in [9.17, 15) is 4.79 Å². The number of hydrogen-bond donors (Lipinski definition) is 0. The van der Waals surface area contributed by atoms with Crippen molar-refractivity contribution in [3.63, 3.8) is 0 Å². The van der Waals surface area contributed by atoms with Crippen molar-refractivity contribution >= 4 is 48.0 Å². The monoisotopic (exact) mass is 510 g/mol. The van der Waals surface area contributed by atoms with Gasteiger partial charge in [0.15, 0.2) is 0 Å². The van der Waals surface area contributed by atoms with E-state index in [0.29, 0.717) is 15.8 Å². The van der Waals surface area contributed by atoms with E-state index >= 15 is 0 Å². The first-order valence-corrected chi connectivity index (χ1v) is 17.7. The van der Waals surface area contributed by atoms with Crippen molar-refractivity contribution in [1.29, 1.82) is 0 Å². The predicted octanol–water partition coefficient (Wildman–Crippen LogP) is 7.26. The van der Waals surface area contributed by atoms with E-state index in [-0.39, 0.29) is 12.6 Å². The number of carbonyl (C=O) groups is 1. The predicted molar refractivity (Wildman–Crippen MR) is 113 cm³/mol. The number of benzene rings is 1. The van der Waals surface area contributed by atoms with Gasteiger partial charge in [0.05, 0.1) is 0 Å². The number of hydrogen-bond acceptors (Lipinski definition) is 3. The van der Waals surface area contributed by atoms with Crippen molar-refractivity contribution in [3.8, 4) is 5.75 Å². The summed E-state index contributed by atoms with van der Waals surface area (Å²) in [6.07, 6.45) is 6.89. The number of ether oxygens (including phenoxy) is 1. The van der Waals surface area contributed by atoms with Crippen LogP contribution in [0.25, 0.3) is 0 Å². The molecule has 0 N–H and O–H groups in total. The third kappa shape index (κ3) is 8.70. The number of unbranched alkanes of at least 4 members (excludes halogenated alkanes) is 3. The van der Waals surface area contributed by atoms with Crippen molar-refractivity contribution in [2.75, 3.05) is 6.61 Å². The summed E-state index contributed by atoms with van der Waals surface area (Å²) in [6.45, 7) is 6.50. The molecule has 6 heteroatoms. The van der Waals surface area contributed by atoms with Gasteiger partial charge >= 0.3 is 174 Å². The fourth-order valence-corrected chi connectivity index (χ4v) is 16.6. The molecule has 0 saturated carbocycles. The summed E-state index contributed by atoms with van der Waals surface area (Å²) in [4.78, 5) is 12.5. The molecular formula is C20H32Cl2O3Sn. The zero-order valence-electron chi connectivity index (χ0n) is 16.3. The zero-order chi connectivity index (χ0) is 19.4. The Morgan fingerprint density at radius 3 is 1.96 bits per heavy atom. The van der Waals surface area contributed by atoms with E-state index < -0.39 is 18.8 Å². The molecule has 0 fully saturated rings. The molecule has 1 aromatic carbocycles. The van der Waals surface area contributed by atoms with Crippen LogP contribution in [0.3, 0.4) is 0 Å². The Labute approximate surface area is 173 Å². The van der Waals surface area contributed by atoms with Crippen LogP contribution in [0, 0.1) is 0 Å². The molecule has 0 saturated heterocycles. The zero-order valence-corrected chi connectivity index (χ0v) is 20.6. The van der Waals surface area contributed by atoms with Crippen LogP contribution in [0.5, 0.6) is 5.75 Å². The summed E-state index contributed by atoms with van der Waals surface area (Å²) >= 11 is 9.06. The molecule has 1 rings (SSSR count). The molecule has 0 aliphatic heterocycles. The van der Waals surface area contributed by atoms with Crippen molar-refractivity contribution in [1.82, 2.24) is 0 Å². The standard InChI is InChI=1S/C8H6Cl2O3.3C4H9.Sn/c9-5-1-2-7(6(10)3-5)13-4-8(11)12;3*1-3-4-2;/h1-3H,4H2,(H,11,12);3*1,3-4H2,2H3;/q;;;;+1/p-1. The first-order chi connectivity index (χ1) is 12.5. The maximum absolute atomic E-state index is 12.5. The average molecular weight is 510 g/mol. The second-order valence-electron chi connectivity index (χ2n) is 6.83. The summed E-state index contributed by atoms with van der Waals surface area (Å²) < 4.78 is 15.2. The molecule has 0 heterocycles. The summed E-state index contributed by atoms with van der Waals surface area (Å²) in [5.74, 6) is 0.222. The third-order valence-electron chi connectivity index (χ3n) is 4.53. The van der Waals surface area contributed by atoms with E-state index in [2.05, 4.69) is 20.8 Å². The van der Waals surface area contributed by atoms with Crippen molar-refractivity contribution in [3.05, 3.63) is 28.2 Å².